The smallest absolute Gasteiger partial charge is 0.340 e. The molecule has 0 radical (unpaired) electrons. The van der Waals surface area contributed by atoms with Crippen molar-refractivity contribution in [3.05, 3.63) is 42.0 Å². The number of amides is 1. The van der Waals surface area contributed by atoms with Crippen LogP contribution >= 0.6 is 0 Å². The van der Waals surface area contributed by atoms with Gasteiger partial charge in [0, 0.05) is 23.6 Å². The second-order valence-electron chi connectivity index (χ2n) is 6.63. The van der Waals surface area contributed by atoms with Gasteiger partial charge in [0.05, 0.1) is 19.9 Å². The number of carbonyl (C=O) groups excluding carboxylic acids is 1. The van der Waals surface area contributed by atoms with Crippen molar-refractivity contribution >= 4 is 28.8 Å². The molecule has 0 fully saturated rings. The van der Waals surface area contributed by atoms with Crippen molar-refractivity contribution in [1.82, 2.24) is 0 Å². The Morgan fingerprint density at radius 2 is 1.77 bits per heavy atom. The van der Waals surface area contributed by atoms with Crippen LogP contribution < -0.4 is 23.8 Å². The molecule has 0 saturated carbocycles. The lowest BCUT2D eigenvalue weighted by Gasteiger charge is -2.21. The number of methoxy groups -OCH3 is 2. The van der Waals surface area contributed by atoms with Crippen LogP contribution in [0.2, 0.25) is 0 Å². The van der Waals surface area contributed by atoms with Crippen molar-refractivity contribution in [3.63, 3.8) is 0 Å². The Bertz CT molecular complexity index is 1170. The Balaban J connectivity index is 2.08. The van der Waals surface area contributed by atoms with Crippen LogP contribution in [0.25, 0.3) is 21.9 Å². The van der Waals surface area contributed by atoms with Gasteiger partial charge < -0.3 is 29.0 Å². The van der Waals surface area contributed by atoms with Gasteiger partial charge in [-0.1, -0.05) is 12.1 Å². The van der Waals surface area contributed by atoms with Crippen LogP contribution in [0, 0.1) is 0 Å². The number of nitrogens with zero attached hydrogens (tertiary/aromatic N) is 1. The van der Waals surface area contributed by atoms with E-state index in [2.05, 4.69) is 0 Å². The molecule has 0 spiro atoms. The fraction of sp³-hybridized carbons (Fsp3) is 0.182. The van der Waals surface area contributed by atoms with Crippen LogP contribution in [-0.2, 0) is 4.79 Å². The molecule has 1 aliphatic rings. The van der Waals surface area contributed by atoms with Gasteiger partial charge in [0.25, 0.3) is 0 Å². The third-order valence-corrected chi connectivity index (χ3v) is 5.04. The molecule has 8 nitrogen and oxygen atoms in total. The third kappa shape index (κ3) is 2.93. The van der Waals surface area contributed by atoms with Crippen LogP contribution in [0.15, 0.2) is 36.4 Å². The monoisotopic (exact) mass is 409 g/mol. The van der Waals surface area contributed by atoms with Crippen LogP contribution in [0.4, 0.5) is 5.69 Å². The minimum absolute atomic E-state index is 0.0579. The summed E-state index contributed by atoms with van der Waals surface area (Å²) in [6.45, 7) is 0.121. The van der Waals surface area contributed by atoms with E-state index in [1.54, 1.807) is 31.3 Å². The summed E-state index contributed by atoms with van der Waals surface area (Å²) >= 11 is 0. The highest BCUT2D eigenvalue weighted by Gasteiger charge is 2.26. The molecule has 0 unspecified atom stereocenters. The minimum atomic E-state index is -1.17. The molecule has 4 rings (SSSR count). The van der Waals surface area contributed by atoms with E-state index >= 15 is 0 Å². The van der Waals surface area contributed by atoms with E-state index in [9.17, 15) is 14.7 Å². The highest BCUT2D eigenvalue weighted by atomic mass is 16.7. The molecule has 0 saturated heterocycles. The summed E-state index contributed by atoms with van der Waals surface area (Å²) in [5.41, 5.74) is 1.42. The molecule has 1 heterocycles. The number of carboxylic acid groups (broad SMARTS) is 1. The number of rotatable bonds is 6. The number of benzene rings is 3. The van der Waals surface area contributed by atoms with Gasteiger partial charge in [0.2, 0.25) is 13.2 Å². The van der Waals surface area contributed by atoms with Crippen LogP contribution in [-0.4, -0.2) is 45.5 Å². The maximum absolute atomic E-state index is 12.2. The van der Waals surface area contributed by atoms with Crippen molar-refractivity contribution in [2.75, 3.05) is 33.0 Å². The summed E-state index contributed by atoms with van der Waals surface area (Å²) in [5.74, 6) is 0.408. The van der Waals surface area contributed by atoms with E-state index in [1.807, 2.05) is 12.1 Å². The first-order chi connectivity index (χ1) is 14.5. The first-order valence-corrected chi connectivity index (χ1v) is 9.03. The average Bonchev–Trinajstić information content (AvgIpc) is 3.22. The van der Waals surface area contributed by atoms with Gasteiger partial charge >= 0.3 is 5.97 Å². The molecule has 8 heteroatoms. The molecule has 0 bridgehead atoms. The quantitative estimate of drug-likeness (QED) is 0.622. The topological polar surface area (TPSA) is 94.5 Å². The Morgan fingerprint density at radius 1 is 1.07 bits per heavy atom. The van der Waals surface area contributed by atoms with Crippen LogP contribution in [0.5, 0.6) is 23.0 Å². The number of fused-ring (bicyclic) bond motifs is 2. The summed E-state index contributed by atoms with van der Waals surface area (Å²) in [4.78, 5) is 25.3. The van der Waals surface area contributed by atoms with Gasteiger partial charge in [0.15, 0.2) is 23.0 Å². The fourth-order valence-electron chi connectivity index (χ4n) is 3.71. The number of aromatic carboxylic acids is 1. The fourth-order valence-corrected chi connectivity index (χ4v) is 3.71. The van der Waals surface area contributed by atoms with Crippen LogP contribution in [0.1, 0.15) is 10.4 Å². The van der Waals surface area contributed by atoms with E-state index in [0.29, 0.717) is 40.5 Å². The maximum Gasteiger partial charge on any atom is 0.340 e. The molecule has 1 N–H and O–H groups in total. The van der Waals surface area contributed by atoms with Crippen molar-refractivity contribution < 1.29 is 33.6 Å². The van der Waals surface area contributed by atoms with E-state index in [4.69, 9.17) is 18.9 Å². The number of anilines is 1. The van der Waals surface area contributed by atoms with Crippen molar-refractivity contribution in [1.29, 1.82) is 0 Å². The Labute approximate surface area is 172 Å². The Hall–Kier alpha value is -3.94. The summed E-state index contributed by atoms with van der Waals surface area (Å²) < 4.78 is 21.5. The lowest BCUT2D eigenvalue weighted by molar-refractivity contribution is -0.107. The summed E-state index contributed by atoms with van der Waals surface area (Å²) in [5, 5.41) is 11.5. The summed E-state index contributed by atoms with van der Waals surface area (Å²) in [6.07, 6.45) is 0.671. The van der Waals surface area contributed by atoms with E-state index in [-0.39, 0.29) is 18.1 Å². The lowest BCUT2D eigenvalue weighted by Crippen LogP contribution is -2.16. The maximum atomic E-state index is 12.2. The number of hydrogen-bond acceptors (Lipinski definition) is 6. The molecule has 1 amide bonds. The zero-order chi connectivity index (χ0) is 21.4. The molecule has 0 atom stereocenters. The van der Waals surface area contributed by atoms with Gasteiger partial charge in [0.1, 0.15) is 5.56 Å². The first kappa shape index (κ1) is 19.4. The van der Waals surface area contributed by atoms with Crippen LogP contribution in [0.3, 0.4) is 0 Å². The predicted octanol–water partition coefficient (Wildman–Crippen LogP) is 3.54. The highest BCUT2D eigenvalue weighted by Crippen LogP contribution is 2.46. The minimum Gasteiger partial charge on any atom is -0.493 e. The molecule has 0 aliphatic carbocycles. The number of hydrogen-bond donors (Lipinski definition) is 1. The summed E-state index contributed by atoms with van der Waals surface area (Å²) in [7, 11) is 4.43. The normalized spacial score (nSPS) is 12.0. The second-order valence-corrected chi connectivity index (χ2v) is 6.63. The number of carbonyl (C=O) groups is 2. The molecule has 30 heavy (non-hydrogen) atoms. The van der Waals surface area contributed by atoms with Crippen molar-refractivity contribution in [2.24, 2.45) is 0 Å². The summed E-state index contributed by atoms with van der Waals surface area (Å²) in [6, 6.07) is 10.5. The van der Waals surface area contributed by atoms with Gasteiger partial charge in [-0.25, -0.2) is 4.79 Å². The van der Waals surface area contributed by atoms with E-state index in [0.717, 1.165) is 10.8 Å². The molecule has 0 aromatic heterocycles. The largest absolute Gasteiger partial charge is 0.493 e. The molecular formula is C22H19NO7. The SMILES string of the molecule is COc1ccc(-c2ccc3cc4c(cc3c2N(C)C=O)OCO4)c(C(=O)O)c1OC. The average molecular weight is 409 g/mol. The molecule has 3 aromatic rings. The van der Waals surface area contributed by atoms with Gasteiger partial charge in [-0.15, -0.1) is 0 Å². The van der Waals surface area contributed by atoms with Gasteiger partial charge in [-0.05, 0) is 29.7 Å². The Morgan fingerprint density at radius 3 is 2.40 bits per heavy atom. The van der Waals surface area contributed by atoms with Crippen molar-refractivity contribution in [2.45, 2.75) is 0 Å². The Kier molecular flexibility index (Phi) is 4.83. The van der Waals surface area contributed by atoms with E-state index in [1.165, 1.54) is 19.1 Å². The van der Waals surface area contributed by atoms with Gasteiger partial charge in [-0.3, -0.25) is 4.79 Å². The number of carboxylic acids is 1. The van der Waals surface area contributed by atoms with Crippen molar-refractivity contribution in [3.8, 4) is 34.1 Å². The molecular weight excluding hydrogens is 390 g/mol. The lowest BCUT2D eigenvalue weighted by atomic mass is 9.93. The highest BCUT2D eigenvalue weighted by molar-refractivity contribution is 6.10. The molecule has 1 aliphatic heterocycles. The zero-order valence-corrected chi connectivity index (χ0v) is 16.6. The third-order valence-electron chi connectivity index (χ3n) is 5.04. The number of ether oxygens (including phenoxy) is 4. The van der Waals surface area contributed by atoms with E-state index < -0.39 is 5.97 Å². The second kappa shape index (κ2) is 7.47. The first-order valence-electron chi connectivity index (χ1n) is 9.03. The molecule has 154 valence electrons. The molecule has 3 aromatic carbocycles. The predicted molar refractivity (Wildman–Crippen MR) is 110 cm³/mol. The standard InChI is InChI=1S/C22H19NO7/c1-23(10-24)20-14(5-4-12-8-17-18(9-15(12)20)30-11-29-17)13-6-7-16(27-2)21(28-3)19(13)22(25)26/h4-10H,11H2,1-3H3,(H,25,26). The zero-order valence-electron chi connectivity index (χ0n) is 16.6. The van der Waals surface area contributed by atoms with Gasteiger partial charge in [-0.2, -0.15) is 0 Å².